The Balaban J connectivity index is 2.18. The van der Waals surface area contributed by atoms with Gasteiger partial charge in [-0.05, 0) is 18.1 Å². The van der Waals surface area contributed by atoms with Crippen molar-refractivity contribution in [3.05, 3.63) is 53.6 Å². The van der Waals surface area contributed by atoms with Gasteiger partial charge in [-0.25, -0.2) is 4.98 Å². The first-order chi connectivity index (χ1) is 7.29. The van der Waals surface area contributed by atoms with Crippen LogP contribution in [0.2, 0.25) is 0 Å². The Hall–Kier alpha value is -1.61. The van der Waals surface area contributed by atoms with E-state index in [1.807, 2.05) is 22.9 Å². The summed E-state index contributed by atoms with van der Waals surface area (Å²) in [6.45, 7) is 2.90. The number of aliphatic hydroxyl groups is 1. The van der Waals surface area contributed by atoms with Crippen molar-refractivity contribution in [3.8, 4) is 0 Å². The fraction of sp³-hybridized carbons (Fsp3) is 0.250. The summed E-state index contributed by atoms with van der Waals surface area (Å²) in [6.07, 6.45) is 3.62. The summed E-state index contributed by atoms with van der Waals surface area (Å²) in [4.78, 5) is 4.07. The molecule has 0 spiro atoms. The van der Waals surface area contributed by atoms with Crippen molar-refractivity contribution in [3.63, 3.8) is 0 Å². The normalized spacial score (nSPS) is 10.5. The molecule has 0 bridgehead atoms. The van der Waals surface area contributed by atoms with Crippen LogP contribution in [0.3, 0.4) is 0 Å². The molecular formula is C12H14N2O. The van der Waals surface area contributed by atoms with Gasteiger partial charge >= 0.3 is 0 Å². The molecule has 0 aliphatic heterocycles. The molecular weight excluding hydrogens is 188 g/mol. The number of nitrogens with zero attached hydrogens (tertiary/aromatic N) is 2. The van der Waals surface area contributed by atoms with Crippen molar-refractivity contribution in [2.45, 2.75) is 20.1 Å². The Morgan fingerprint density at radius 3 is 2.80 bits per heavy atom. The Morgan fingerprint density at radius 2 is 2.13 bits per heavy atom. The molecule has 0 saturated heterocycles. The molecule has 0 aliphatic carbocycles. The molecule has 15 heavy (non-hydrogen) atoms. The number of benzene rings is 1. The summed E-state index contributed by atoms with van der Waals surface area (Å²) in [5.74, 6) is 0. The summed E-state index contributed by atoms with van der Waals surface area (Å²) in [5, 5.41) is 8.90. The van der Waals surface area contributed by atoms with Crippen molar-refractivity contribution < 1.29 is 5.11 Å². The van der Waals surface area contributed by atoms with Gasteiger partial charge < -0.3 is 9.67 Å². The molecule has 3 nitrogen and oxygen atoms in total. The van der Waals surface area contributed by atoms with Gasteiger partial charge in [0.2, 0.25) is 0 Å². The Morgan fingerprint density at radius 1 is 1.33 bits per heavy atom. The Labute approximate surface area is 89.0 Å². The summed E-state index contributed by atoms with van der Waals surface area (Å²) in [6, 6.07) is 8.27. The van der Waals surface area contributed by atoms with Crippen LogP contribution in [0.4, 0.5) is 0 Å². The maximum atomic E-state index is 8.90. The van der Waals surface area contributed by atoms with Crippen LogP contribution < -0.4 is 0 Å². The molecule has 1 N–H and O–H groups in total. The fourth-order valence-corrected chi connectivity index (χ4v) is 1.56. The fourth-order valence-electron chi connectivity index (χ4n) is 1.56. The first-order valence-electron chi connectivity index (χ1n) is 4.95. The summed E-state index contributed by atoms with van der Waals surface area (Å²) < 4.78 is 1.98. The molecule has 0 fully saturated rings. The number of hydrogen-bond acceptors (Lipinski definition) is 2. The van der Waals surface area contributed by atoms with E-state index in [0.717, 1.165) is 6.54 Å². The van der Waals surface area contributed by atoms with Crippen molar-refractivity contribution in [1.82, 2.24) is 9.55 Å². The highest BCUT2D eigenvalue weighted by molar-refractivity contribution is 5.25. The molecule has 1 aromatic heterocycles. The molecule has 1 aromatic carbocycles. The van der Waals surface area contributed by atoms with Crippen LogP contribution in [0.25, 0.3) is 0 Å². The van der Waals surface area contributed by atoms with Crippen molar-refractivity contribution in [2.75, 3.05) is 0 Å². The highest BCUT2D eigenvalue weighted by Gasteiger charge is 2.00. The van der Waals surface area contributed by atoms with Crippen LogP contribution in [0.15, 0.2) is 36.8 Å². The maximum absolute atomic E-state index is 8.90. The second kappa shape index (κ2) is 4.28. The minimum absolute atomic E-state index is 0.000766. The van der Waals surface area contributed by atoms with E-state index in [0.29, 0.717) is 5.69 Å². The average molecular weight is 202 g/mol. The first kappa shape index (κ1) is 9.93. The number of aliphatic hydroxyl groups excluding tert-OH is 1. The highest BCUT2D eigenvalue weighted by atomic mass is 16.3. The molecule has 3 heteroatoms. The van der Waals surface area contributed by atoms with Gasteiger partial charge in [0.05, 0.1) is 18.6 Å². The van der Waals surface area contributed by atoms with E-state index in [2.05, 4.69) is 24.0 Å². The lowest BCUT2D eigenvalue weighted by Gasteiger charge is -2.05. The predicted molar refractivity (Wildman–Crippen MR) is 58.4 cm³/mol. The molecule has 78 valence electrons. The maximum Gasteiger partial charge on any atom is 0.0953 e. The number of imidazole rings is 1. The van der Waals surface area contributed by atoms with Gasteiger partial charge in [-0.3, -0.25) is 0 Å². The van der Waals surface area contributed by atoms with Gasteiger partial charge in [-0.15, -0.1) is 0 Å². The summed E-state index contributed by atoms with van der Waals surface area (Å²) >= 11 is 0. The van der Waals surface area contributed by atoms with E-state index >= 15 is 0 Å². The number of rotatable bonds is 3. The largest absolute Gasteiger partial charge is 0.390 e. The second-order valence-electron chi connectivity index (χ2n) is 3.62. The lowest BCUT2D eigenvalue weighted by atomic mass is 10.1. The van der Waals surface area contributed by atoms with E-state index in [1.54, 1.807) is 6.33 Å². The lowest BCUT2D eigenvalue weighted by molar-refractivity contribution is 0.277. The summed E-state index contributed by atoms with van der Waals surface area (Å²) in [7, 11) is 0. The van der Waals surface area contributed by atoms with Gasteiger partial charge in [0.15, 0.2) is 0 Å². The minimum Gasteiger partial charge on any atom is -0.390 e. The predicted octanol–water partition coefficient (Wildman–Crippen LogP) is 1.73. The van der Waals surface area contributed by atoms with E-state index in [1.165, 1.54) is 11.1 Å². The van der Waals surface area contributed by atoms with Crippen LogP contribution in [-0.2, 0) is 13.2 Å². The lowest BCUT2D eigenvalue weighted by Crippen LogP contribution is -1.98. The first-order valence-corrected chi connectivity index (χ1v) is 4.95. The third kappa shape index (κ3) is 2.25. The van der Waals surface area contributed by atoms with Crippen molar-refractivity contribution in [1.29, 1.82) is 0 Å². The quantitative estimate of drug-likeness (QED) is 0.823. The molecule has 2 aromatic rings. The molecule has 0 radical (unpaired) electrons. The third-order valence-electron chi connectivity index (χ3n) is 2.46. The zero-order valence-electron chi connectivity index (χ0n) is 8.72. The van der Waals surface area contributed by atoms with Crippen LogP contribution in [0.1, 0.15) is 16.8 Å². The molecule has 0 aliphatic rings. The van der Waals surface area contributed by atoms with Crippen LogP contribution >= 0.6 is 0 Å². The molecule has 0 saturated carbocycles. The van der Waals surface area contributed by atoms with Crippen molar-refractivity contribution >= 4 is 0 Å². The topological polar surface area (TPSA) is 38.0 Å². The Kier molecular flexibility index (Phi) is 2.83. The van der Waals surface area contributed by atoms with Gasteiger partial charge in [0.25, 0.3) is 0 Å². The minimum atomic E-state index is 0.000766. The monoisotopic (exact) mass is 202 g/mol. The molecule has 1 heterocycles. The number of hydrogen-bond donors (Lipinski definition) is 1. The Bertz CT molecular complexity index is 448. The zero-order valence-corrected chi connectivity index (χ0v) is 8.72. The molecule has 2 rings (SSSR count). The van der Waals surface area contributed by atoms with Crippen molar-refractivity contribution in [2.24, 2.45) is 0 Å². The highest BCUT2D eigenvalue weighted by Crippen LogP contribution is 2.09. The molecule has 0 unspecified atom stereocenters. The van der Waals surface area contributed by atoms with Crippen LogP contribution in [-0.4, -0.2) is 14.7 Å². The van der Waals surface area contributed by atoms with Gasteiger partial charge in [-0.1, -0.05) is 24.3 Å². The smallest absolute Gasteiger partial charge is 0.0953 e. The average Bonchev–Trinajstić information content (AvgIpc) is 2.69. The molecule has 0 amide bonds. The third-order valence-corrected chi connectivity index (χ3v) is 2.46. The van der Waals surface area contributed by atoms with E-state index in [-0.39, 0.29) is 6.61 Å². The number of aromatic nitrogens is 2. The molecule has 0 atom stereocenters. The van der Waals surface area contributed by atoms with Gasteiger partial charge in [-0.2, -0.15) is 0 Å². The summed E-state index contributed by atoms with van der Waals surface area (Å²) in [5.41, 5.74) is 3.26. The van der Waals surface area contributed by atoms with Crippen LogP contribution in [0.5, 0.6) is 0 Å². The van der Waals surface area contributed by atoms with Gasteiger partial charge in [0.1, 0.15) is 0 Å². The standard InChI is InChI=1S/C12H14N2O/c1-10-4-2-3-5-11(10)6-14-7-12(8-15)13-9-14/h2-5,7,9,15H,6,8H2,1H3. The van der Waals surface area contributed by atoms with Gasteiger partial charge in [0, 0.05) is 12.7 Å². The van der Waals surface area contributed by atoms with E-state index < -0.39 is 0 Å². The van der Waals surface area contributed by atoms with Crippen LogP contribution in [0, 0.1) is 6.92 Å². The SMILES string of the molecule is Cc1ccccc1Cn1cnc(CO)c1. The number of aryl methyl sites for hydroxylation is 1. The zero-order chi connectivity index (χ0) is 10.7. The van der Waals surface area contributed by atoms with E-state index in [9.17, 15) is 0 Å². The van der Waals surface area contributed by atoms with E-state index in [4.69, 9.17) is 5.11 Å². The second-order valence-corrected chi connectivity index (χ2v) is 3.62.